The van der Waals surface area contributed by atoms with Gasteiger partial charge >= 0.3 is 0 Å². The first-order valence-electron chi connectivity index (χ1n) is 44.7. The average Bonchev–Trinajstić information content (AvgIpc) is 1.78. The minimum atomic E-state index is 0. The molecule has 0 atom stereocenters. The first kappa shape index (κ1) is 104. The van der Waals surface area contributed by atoms with E-state index in [2.05, 4.69) is 426 Å². The molecule has 0 saturated heterocycles. The number of imidazole rings is 1. The third kappa shape index (κ3) is 44.0. The fraction of sp³-hybridized carbons (Fsp3) is 0.422. The second kappa shape index (κ2) is 59.4. The lowest BCUT2D eigenvalue weighted by Crippen LogP contribution is -2.08. The monoisotopic (exact) mass is 1600 g/mol. The van der Waals surface area contributed by atoms with Gasteiger partial charge in [-0.05, 0) is 232 Å². The molecule has 2 heterocycles. The van der Waals surface area contributed by atoms with Crippen molar-refractivity contribution in [2.75, 3.05) is 0 Å². The topological polar surface area (TPSA) is 44.5 Å². The van der Waals surface area contributed by atoms with Gasteiger partial charge in [-0.2, -0.15) is 0 Å². The van der Waals surface area contributed by atoms with Crippen LogP contribution in [0.15, 0.2) is 292 Å². The molecule has 13 aromatic rings. The Morgan fingerprint density at radius 2 is 0.697 bits per heavy atom. The van der Waals surface area contributed by atoms with Gasteiger partial charge in [0.1, 0.15) is 0 Å². The number of aromatic amines is 2. The second-order valence-electron chi connectivity index (χ2n) is 36.3. The number of rotatable bonds is 23. The normalized spacial score (nSPS) is 11.5. The molecular weight excluding hydrogens is 1440 g/mol. The average molecular weight is 1600 g/mol. The van der Waals surface area contributed by atoms with E-state index in [4.69, 9.17) is 0 Å². The highest BCUT2D eigenvalue weighted by atomic mass is 14.9. The third-order valence-electron chi connectivity index (χ3n) is 20.7. The number of aromatic nitrogens is 3. The van der Waals surface area contributed by atoms with Gasteiger partial charge in [-0.25, -0.2) is 4.98 Å². The Balaban J connectivity index is 0.000000347. The number of aryl methyl sites for hydroxylation is 4. The van der Waals surface area contributed by atoms with Gasteiger partial charge < -0.3 is 9.97 Å². The summed E-state index contributed by atoms with van der Waals surface area (Å²) in [7, 11) is 0. The largest absolute Gasteiger partial charge is 0.361 e. The molecule has 3 nitrogen and oxygen atoms in total. The van der Waals surface area contributed by atoms with Gasteiger partial charge in [-0.15, -0.1) is 0 Å². The number of nitrogens with zero attached hydrogens (tertiary/aromatic N) is 1. The van der Waals surface area contributed by atoms with Gasteiger partial charge in [0.25, 0.3) is 0 Å². The van der Waals surface area contributed by atoms with E-state index in [-0.39, 0.29) is 22.3 Å². The smallest absolute Gasteiger partial charge is 0.0921 e. The van der Waals surface area contributed by atoms with Gasteiger partial charge in [-0.1, -0.05) is 451 Å². The van der Waals surface area contributed by atoms with E-state index in [0.29, 0.717) is 5.92 Å². The molecule has 0 bridgehead atoms. The zero-order valence-electron chi connectivity index (χ0n) is 75.5. The molecule has 1 fully saturated rings. The summed E-state index contributed by atoms with van der Waals surface area (Å²) in [6.45, 7) is 42.9. The molecule has 1 aliphatic carbocycles. The number of hydrogen-bond donors (Lipinski definition) is 2. The van der Waals surface area contributed by atoms with Crippen molar-refractivity contribution in [1.82, 2.24) is 15.0 Å². The van der Waals surface area contributed by atoms with Gasteiger partial charge in [0.05, 0.1) is 6.33 Å². The molecule has 0 aliphatic heterocycles. The van der Waals surface area contributed by atoms with Crippen LogP contribution in [0.5, 0.6) is 0 Å². The van der Waals surface area contributed by atoms with E-state index < -0.39 is 0 Å². The van der Waals surface area contributed by atoms with Crippen molar-refractivity contribution < 1.29 is 0 Å². The molecule has 11 aromatic carbocycles. The van der Waals surface area contributed by atoms with Crippen molar-refractivity contribution in [3.05, 3.63) is 342 Å². The maximum atomic E-state index is 3.92. The van der Waals surface area contributed by atoms with Crippen LogP contribution in [0.2, 0.25) is 0 Å². The SMILES string of the molecule is C.C.C.CC(C)CC1CCCCC1.CC(C)CCc1ccc(-c2ccccc2)cc1.CC(C)CCc1ccccc1.CC(C)Cc1c[nH]c2ccccc12.CC(C)Cc1ccc(-c2ccccc2)cc1.CC(C)Cc1ccc2ccccc2c1.CC(C)Cc1cccc2ccccc12.CC(C)Cc1cnc[nH]1.Cc1ccc(CCC(C)C)cc1. The number of fused-ring (bicyclic) bond motifs is 3. The lowest BCUT2D eigenvalue weighted by Gasteiger charge is -2.22. The molecule has 1 saturated carbocycles. The summed E-state index contributed by atoms with van der Waals surface area (Å²) >= 11 is 0. The molecule has 0 unspecified atom stereocenters. The quantitative estimate of drug-likeness (QED) is 0.0659. The zero-order chi connectivity index (χ0) is 83.8. The van der Waals surface area contributed by atoms with Crippen LogP contribution < -0.4 is 0 Å². The molecule has 2 aromatic heterocycles. The molecular formula is C116H163N3. The van der Waals surface area contributed by atoms with Crippen molar-refractivity contribution >= 4 is 32.4 Å². The highest BCUT2D eigenvalue weighted by molar-refractivity contribution is 5.86. The van der Waals surface area contributed by atoms with E-state index in [1.807, 2.05) is 6.20 Å². The van der Waals surface area contributed by atoms with Crippen LogP contribution in [0.1, 0.15) is 255 Å². The molecule has 0 amide bonds. The fourth-order valence-corrected chi connectivity index (χ4v) is 14.6. The summed E-state index contributed by atoms with van der Waals surface area (Å²) in [5.41, 5.74) is 19.2. The Kier molecular flexibility index (Phi) is 51.8. The number of H-pyrrole nitrogens is 2. The van der Waals surface area contributed by atoms with Crippen LogP contribution in [0, 0.1) is 66.1 Å². The Morgan fingerprint density at radius 1 is 0.303 bits per heavy atom. The second-order valence-corrected chi connectivity index (χ2v) is 36.3. The van der Waals surface area contributed by atoms with Crippen LogP contribution in [0.4, 0.5) is 0 Å². The Labute approximate surface area is 729 Å². The fourth-order valence-electron chi connectivity index (χ4n) is 14.6. The van der Waals surface area contributed by atoms with E-state index in [9.17, 15) is 0 Å². The third-order valence-corrected chi connectivity index (χ3v) is 20.7. The Hall–Kier alpha value is -9.31. The molecule has 642 valence electrons. The maximum absolute atomic E-state index is 3.92. The highest BCUT2D eigenvalue weighted by Crippen LogP contribution is 2.30. The van der Waals surface area contributed by atoms with Crippen molar-refractivity contribution in [2.24, 2.45) is 59.2 Å². The Bertz CT molecular complexity index is 4570. The van der Waals surface area contributed by atoms with Gasteiger partial charge in [0, 0.05) is 29.0 Å². The molecule has 2 N–H and O–H groups in total. The summed E-state index contributed by atoms with van der Waals surface area (Å²) in [5, 5.41) is 6.82. The van der Waals surface area contributed by atoms with E-state index in [1.54, 1.807) is 6.33 Å². The molecule has 0 radical (unpaired) electrons. The summed E-state index contributed by atoms with van der Waals surface area (Å²) in [6.07, 6.45) is 28.0. The predicted octanol–water partition coefficient (Wildman–Crippen LogP) is 34.9. The van der Waals surface area contributed by atoms with Crippen LogP contribution in [-0.4, -0.2) is 15.0 Å². The van der Waals surface area contributed by atoms with Gasteiger partial charge in [0.15, 0.2) is 0 Å². The van der Waals surface area contributed by atoms with Crippen LogP contribution in [0.3, 0.4) is 0 Å². The number of benzene rings is 11. The van der Waals surface area contributed by atoms with Crippen LogP contribution >= 0.6 is 0 Å². The van der Waals surface area contributed by atoms with Crippen LogP contribution in [-0.2, 0) is 51.4 Å². The number of nitrogens with one attached hydrogen (secondary N) is 2. The molecule has 3 heteroatoms. The number of para-hydroxylation sites is 1. The predicted molar refractivity (Wildman–Crippen MR) is 535 cm³/mol. The van der Waals surface area contributed by atoms with Gasteiger partial charge in [0.2, 0.25) is 0 Å². The highest BCUT2D eigenvalue weighted by Gasteiger charge is 2.14. The molecule has 1 aliphatic rings. The lowest BCUT2D eigenvalue weighted by molar-refractivity contribution is 0.305. The summed E-state index contributed by atoms with van der Waals surface area (Å²) in [4.78, 5) is 10.3. The van der Waals surface area contributed by atoms with Crippen molar-refractivity contribution in [2.45, 2.75) is 263 Å². The van der Waals surface area contributed by atoms with Crippen molar-refractivity contribution in [3.8, 4) is 22.3 Å². The molecule has 119 heavy (non-hydrogen) atoms. The van der Waals surface area contributed by atoms with Gasteiger partial charge in [-0.3, -0.25) is 0 Å². The van der Waals surface area contributed by atoms with E-state index in [1.165, 1.54) is 195 Å². The minimum Gasteiger partial charge on any atom is -0.361 e. The first-order chi connectivity index (χ1) is 55.8. The van der Waals surface area contributed by atoms with Crippen molar-refractivity contribution in [3.63, 3.8) is 0 Å². The maximum Gasteiger partial charge on any atom is 0.0921 e. The standard InChI is InChI=1S/C17H20.C16H18.2C14H16.C12H15N.C12H18.C11H16.C10H20.C7H12N2.3CH4/c1-14(2)8-9-15-10-12-17(13-11-15)16-6-4-3-5-7-16;1-13(2)12-14-8-10-16(11-9-14)15-6-4-3-5-7-15;1-11(2)10-13-8-5-7-12-6-3-4-9-14(12)13;1-11(2)9-12-7-8-13-5-3-4-6-14(13)10-12;1-9(2)7-10-8-13-12-6-4-3-5-11(10)12;1-10(2)4-7-12-8-5-11(3)6-9-12;1-10(2)8-9-11-6-4-3-5-7-11;1-9(2)8-10-6-4-3-5-7-10;1-6(2)3-7-4-8-5-9-7;;;/h3-7,10-14H,8-9H2,1-2H3;3-11,13H,12H2,1-2H3;3-9,11H,10H2,1-2H3;3-8,10-11H,9H2,1-2H3;3-6,8-9,13H,7H2,1-2H3;5-6,8-10H,4,7H2,1-3H3;3-7,10H,8-9H2,1-2H3;9-10H,3-8H2,1-2H3;4-6H,3H2,1-2H3,(H,8,9);3*1H4. The van der Waals surface area contributed by atoms with Crippen molar-refractivity contribution in [1.29, 1.82) is 0 Å². The number of hydrogen-bond acceptors (Lipinski definition) is 1. The summed E-state index contributed by atoms with van der Waals surface area (Å²) < 4.78 is 0. The van der Waals surface area contributed by atoms with E-state index in [0.717, 1.165) is 72.5 Å². The Morgan fingerprint density at radius 3 is 1.18 bits per heavy atom. The summed E-state index contributed by atoms with van der Waals surface area (Å²) in [6, 6.07) is 97.4. The van der Waals surface area contributed by atoms with E-state index >= 15 is 0 Å². The van der Waals surface area contributed by atoms with Crippen LogP contribution in [0.25, 0.3) is 54.7 Å². The first-order valence-corrected chi connectivity index (χ1v) is 44.7. The minimum absolute atomic E-state index is 0. The molecule has 0 spiro atoms. The molecule has 14 rings (SSSR count). The summed E-state index contributed by atoms with van der Waals surface area (Å²) in [5.74, 6) is 8.02. The zero-order valence-corrected chi connectivity index (χ0v) is 75.5. The lowest BCUT2D eigenvalue weighted by atomic mass is 9.84.